The van der Waals surface area contributed by atoms with Crippen LogP contribution in [0.2, 0.25) is 0 Å². The fourth-order valence-electron chi connectivity index (χ4n) is 1.65. The third-order valence-electron chi connectivity index (χ3n) is 2.58. The maximum absolute atomic E-state index is 12.1. The number of amides is 2. The summed E-state index contributed by atoms with van der Waals surface area (Å²) >= 11 is 1.27. The molecule has 0 saturated heterocycles. The van der Waals surface area contributed by atoms with E-state index in [1.807, 2.05) is 30.6 Å². The zero-order chi connectivity index (χ0) is 15.2. The number of aliphatic carboxylic acids is 1. The molecule has 2 rings (SSSR count). The molecule has 2 heterocycles. The molecule has 2 aromatic heterocycles. The first kappa shape index (κ1) is 14.8. The first-order valence-electron chi connectivity index (χ1n) is 6.05. The van der Waals surface area contributed by atoms with Crippen molar-refractivity contribution in [2.75, 3.05) is 13.1 Å². The Hall–Kier alpha value is -2.61. The molecule has 3 N–H and O–H groups in total. The van der Waals surface area contributed by atoms with Crippen LogP contribution in [0.5, 0.6) is 0 Å². The van der Waals surface area contributed by atoms with Gasteiger partial charge in [0.1, 0.15) is 11.4 Å². The van der Waals surface area contributed by atoms with Crippen LogP contribution in [-0.4, -0.2) is 40.5 Å². The van der Waals surface area contributed by atoms with Crippen LogP contribution in [-0.2, 0) is 9.59 Å². The van der Waals surface area contributed by atoms with Gasteiger partial charge in [-0.05, 0) is 23.6 Å². The molecule has 0 unspecified atom stereocenters. The second-order valence-corrected chi connectivity index (χ2v) is 4.99. The first-order valence-corrected chi connectivity index (χ1v) is 6.93. The molecule has 110 valence electrons. The maximum Gasteiger partial charge on any atom is 0.322 e. The van der Waals surface area contributed by atoms with Crippen LogP contribution in [0, 0.1) is 0 Å². The van der Waals surface area contributed by atoms with Crippen LogP contribution in [0.15, 0.2) is 36.0 Å². The molecule has 2 aromatic rings. The van der Waals surface area contributed by atoms with Crippen LogP contribution in [0.4, 0.5) is 0 Å². The highest BCUT2D eigenvalue weighted by molar-refractivity contribution is 7.12. The molecule has 0 aliphatic carbocycles. The van der Waals surface area contributed by atoms with Crippen molar-refractivity contribution in [2.24, 2.45) is 0 Å². The quantitative estimate of drug-likeness (QED) is 0.722. The third kappa shape index (κ3) is 3.93. The minimum atomic E-state index is -1.14. The SMILES string of the molecule is O=C(O)CNC(=O)CNC(=O)c1sccc1-n1cccc1. The van der Waals surface area contributed by atoms with Crippen LogP contribution < -0.4 is 10.6 Å². The molecule has 8 heteroatoms. The van der Waals surface area contributed by atoms with E-state index in [0.717, 1.165) is 5.69 Å². The zero-order valence-corrected chi connectivity index (χ0v) is 11.7. The summed E-state index contributed by atoms with van der Waals surface area (Å²) in [5.74, 6) is -2.06. The molecule has 0 aliphatic rings. The summed E-state index contributed by atoms with van der Waals surface area (Å²) in [7, 11) is 0. The molecule has 0 fully saturated rings. The van der Waals surface area contributed by atoms with Crippen molar-refractivity contribution in [1.82, 2.24) is 15.2 Å². The van der Waals surface area contributed by atoms with E-state index in [1.165, 1.54) is 11.3 Å². The number of nitrogens with one attached hydrogen (secondary N) is 2. The molecule has 0 aromatic carbocycles. The number of nitrogens with zero attached hydrogens (tertiary/aromatic N) is 1. The topological polar surface area (TPSA) is 100 Å². The second kappa shape index (κ2) is 6.71. The van der Waals surface area contributed by atoms with Gasteiger partial charge in [-0.2, -0.15) is 0 Å². The number of carboxylic acids is 1. The Morgan fingerprint density at radius 1 is 1.14 bits per heavy atom. The van der Waals surface area contributed by atoms with E-state index in [-0.39, 0.29) is 12.5 Å². The summed E-state index contributed by atoms with van der Waals surface area (Å²) in [6.45, 7) is -0.739. The number of carbonyl (C=O) groups excluding carboxylic acids is 2. The fourth-order valence-corrected chi connectivity index (χ4v) is 2.45. The van der Waals surface area contributed by atoms with Crippen LogP contribution in [0.1, 0.15) is 9.67 Å². The molecule has 21 heavy (non-hydrogen) atoms. The van der Waals surface area contributed by atoms with Crippen molar-refractivity contribution >= 4 is 29.1 Å². The first-order chi connectivity index (χ1) is 10.1. The highest BCUT2D eigenvalue weighted by Gasteiger charge is 2.15. The largest absolute Gasteiger partial charge is 0.480 e. The van der Waals surface area contributed by atoms with Gasteiger partial charge in [0.15, 0.2) is 0 Å². The molecule has 0 bridgehead atoms. The minimum absolute atomic E-state index is 0.269. The van der Waals surface area contributed by atoms with Crippen LogP contribution >= 0.6 is 11.3 Å². The van der Waals surface area contributed by atoms with Gasteiger partial charge in [-0.1, -0.05) is 0 Å². The Morgan fingerprint density at radius 3 is 2.52 bits per heavy atom. The maximum atomic E-state index is 12.1. The lowest BCUT2D eigenvalue weighted by molar-refractivity contribution is -0.137. The summed E-state index contributed by atoms with van der Waals surface area (Å²) in [6, 6.07) is 5.50. The van der Waals surface area contributed by atoms with Gasteiger partial charge in [-0.25, -0.2) is 0 Å². The Bertz CT molecular complexity index is 648. The van der Waals surface area contributed by atoms with E-state index in [9.17, 15) is 14.4 Å². The lowest BCUT2D eigenvalue weighted by Crippen LogP contribution is -2.39. The molecule has 0 spiro atoms. The average molecular weight is 307 g/mol. The highest BCUT2D eigenvalue weighted by Crippen LogP contribution is 2.20. The Morgan fingerprint density at radius 2 is 1.86 bits per heavy atom. The number of hydrogen-bond donors (Lipinski definition) is 3. The molecule has 0 atom stereocenters. The molecule has 0 radical (unpaired) electrons. The van der Waals surface area contributed by atoms with Gasteiger partial charge in [0.25, 0.3) is 5.91 Å². The smallest absolute Gasteiger partial charge is 0.322 e. The molecule has 0 saturated carbocycles. The molecule has 2 amide bonds. The average Bonchev–Trinajstić information content (AvgIpc) is 3.11. The number of carbonyl (C=O) groups is 3. The van der Waals surface area contributed by atoms with Gasteiger partial charge in [0, 0.05) is 12.4 Å². The van der Waals surface area contributed by atoms with Gasteiger partial charge in [-0.3, -0.25) is 14.4 Å². The van der Waals surface area contributed by atoms with Gasteiger partial charge in [0.2, 0.25) is 5.91 Å². The van der Waals surface area contributed by atoms with Crippen molar-refractivity contribution in [2.45, 2.75) is 0 Å². The van der Waals surface area contributed by atoms with Crippen molar-refractivity contribution in [1.29, 1.82) is 0 Å². The summed E-state index contributed by atoms with van der Waals surface area (Å²) in [5.41, 5.74) is 0.730. The van der Waals surface area contributed by atoms with Gasteiger partial charge >= 0.3 is 5.97 Å². The summed E-state index contributed by atoms with van der Waals surface area (Å²) in [5, 5.41) is 14.8. The standard InChI is InChI=1S/C13H13N3O4S/c17-10(14-8-11(18)19)7-15-13(20)12-9(3-6-21-12)16-4-1-2-5-16/h1-6H,7-8H2,(H,14,17)(H,15,20)(H,18,19). The number of thiophene rings is 1. The molecule has 0 aliphatic heterocycles. The van der Waals surface area contributed by atoms with Crippen molar-refractivity contribution in [3.63, 3.8) is 0 Å². The molecular formula is C13H13N3O4S. The normalized spacial score (nSPS) is 10.1. The number of rotatable bonds is 6. The summed E-state index contributed by atoms with van der Waals surface area (Å²) in [4.78, 5) is 34.2. The fraction of sp³-hybridized carbons (Fsp3) is 0.154. The van der Waals surface area contributed by atoms with Gasteiger partial charge in [-0.15, -0.1) is 11.3 Å². The second-order valence-electron chi connectivity index (χ2n) is 4.08. The van der Waals surface area contributed by atoms with E-state index < -0.39 is 18.4 Å². The Labute approximate surface area is 124 Å². The van der Waals surface area contributed by atoms with Gasteiger partial charge in [0.05, 0.1) is 12.2 Å². The van der Waals surface area contributed by atoms with E-state index >= 15 is 0 Å². The molecular weight excluding hydrogens is 294 g/mol. The summed E-state index contributed by atoms with van der Waals surface area (Å²) < 4.78 is 1.80. The summed E-state index contributed by atoms with van der Waals surface area (Å²) in [6.07, 6.45) is 3.64. The molecule has 7 nitrogen and oxygen atoms in total. The van der Waals surface area contributed by atoms with Gasteiger partial charge < -0.3 is 20.3 Å². The van der Waals surface area contributed by atoms with Crippen LogP contribution in [0.3, 0.4) is 0 Å². The monoisotopic (exact) mass is 307 g/mol. The Balaban J connectivity index is 1.94. The van der Waals surface area contributed by atoms with Crippen molar-refractivity contribution < 1.29 is 19.5 Å². The van der Waals surface area contributed by atoms with E-state index in [4.69, 9.17) is 5.11 Å². The van der Waals surface area contributed by atoms with E-state index in [0.29, 0.717) is 4.88 Å². The zero-order valence-electron chi connectivity index (χ0n) is 10.9. The predicted octanol–water partition coefficient (Wildman–Crippen LogP) is 0.469. The predicted molar refractivity (Wildman–Crippen MR) is 76.6 cm³/mol. The van der Waals surface area contributed by atoms with Crippen molar-refractivity contribution in [3.05, 3.63) is 40.8 Å². The number of aromatic nitrogens is 1. The van der Waals surface area contributed by atoms with Crippen LogP contribution in [0.25, 0.3) is 5.69 Å². The number of hydrogen-bond acceptors (Lipinski definition) is 4. The number of carboxylic acid groups (broad SMARTS) is 1. The minimum Gasteiger partial charge on any atom is -0.480 e. The van der Waals surface area contributed by atoms with E-state index in [1.54, 1.807) is 9.95 Å². The lowest BCUT2D eigenvalue weighted by Gasteiger charge is -2.07. The van der Waals surface area contributed by atoms with E-state index in [2.05, 4.69) is 10.6 Å². The Kier molecular flexibility index (Phi) is 4.72. The lowest BCUT2D eigenvalue weighted by atomic mass is 10.3. The highest BCUT2D eigenvalue weighted by atomic mass is 32.1. The third-order valence-corrected chi connectivity index (χ3v) is 3.48. The van der Waals surface area contributed by atoms with Crippen molar-refractivity contribution in [3.8, 4) is 5.69 Å².